The summed E-state index contributed by atoms with van der Waals surface area (Å²) in [6.45, 7) is 4.90. The molecule has 0 saturated carbocycles. The Morgan fingerprint density at radius 2 is 1.81 bits per heavy atom. The third-order valence-electron chi connectivity index (χ3n) is 1.78. The van der Waals surface area contributed by atoms with Crippen molar-refractivity contribution in [2.75, 3.05) is 14.2 Å². The van der Waals surface area contributed by atoms with Gasteiger partial charge >= 0.3 is 11.9 Å². The van der Waals surface area contributed by atoms with E-state index in [1.54, 1.807) is 0 Å². The Labute approximate surface area is 93.6 Å². The summed E-state index contributed by atoms with van der Waals surface area (Å²) in [5.74, 6) is -1.84. The number of esters is 2. The van der Waals surface area contributed by atoms with E-state index in [4.69, 9.17) is 0 Å². The third kappa shape index (κ3) is 4.59. The van der Waals surface area contributed by atoms with E-state index in [1.165, 1.54) is 21.1 Å². The van der Waals surface area contributed by atoms with Crippen molar-refractivity contribution < 1.29 is 23.9 Å². The summed E-state index contributed by atoms with van der Waals surface area (Å²) in [5.41, 5.74) is 0.235. The molecule has 6 heteroatoms. The molecule has 1 N–H and O–H groups in total. The van der Waals surface area contributed by atoms with Crippen LogP contribution in [0.3, 0.4) is 0 Å². The Balaban J connectivity index is 4.55. The van der Waals surface area contributed by atoms with Gasteiger partial charge in [0.2, 0.25) is 5.91 Å². The summed E-state index contributed by atoms with van der Waals surface area (Å²) in [6.07, 6.45) is -0.276. The first-order valence-electron chi connectivity index (χ1n) is 4.53. The average Bonchev–Trinajstić information content (AvgIpc) is 2.26. The molecule has 6 nitrogen and oxygen atoms in total. The third-order valence-corrected chi connectivity index (χ3v) is 1.78. The van der Waals surface area contributed by atoms with Crippen LogP contribution in [0.25, 0.3) is 0 Å². The number of hydrogen-bond acceptors (Lipinski definition) is 5. The lowest BCUT2D eigenvalue weighted by atomic mass is 10.2. The molecule has 1 atom stereocenters. The Morgan fingerprint density at radius 3 is 2.19 bits per heavy atom. The second-order valence-corrected chi connectivity index (χ2v) is 3.11. The molecular weight excluding hydrogens is 214 g/mol. The molecule has 0 aliphatic carbocycles. The second-order valence-electron chi connectivity index (χ2n) is 3.11. The molecule has 0 aliphatic rings. The van der Waals surface area contributed by atoms with E-state index in [2.05, 4.69) is 21.4 Å². The van der Waals surface area contributed by atoms with Crippen molar-refractivity contribution in [3.05, 3.63) is 12.2 Å². The summed E-state index contributed by atoms with van der Waals surface area (Å²) < 4.78 is 8.84. The van der Waals surface area contributed by atoms with Crippen LogP contribution in [-0.4, -0.2) is 38.1 Å². The molecule has 0 unspecified atom stereocenters. The van der Waals surface area contributed by atoms with Gasteiger partial charge in [0.15, 0.2) is 0 Å². The molecule has 16 heavy (non-hydrogen) atoms. The number of amides is 1. The summed E-state index contributed by atoms with van der Waals surface area (Å²) in [6, 6.07) is -1.05. The zero-order valence-electron chi connectivity index (χ0n) is 9.53. The minimum atomic E-state index is -1.05. The van der Waals surface area contributed by atoms with Gasteiger partial charge in [-0.05, 0) is 6.92 Å². The highest BCUT2D eigenvalue weighted by atomic mass is 16.5. The normalized spacial score (nSPS) is 11.2. The Morgan fingerprint density at radius 1 is 1.25 bits per heavy atom. The fourth-order valence-electron chi connectivity index (χ4n) is 0.867. The molecule has 0 aromatic carbocycles. The lowest BCUT2D eigenvalue weighted by Gasteiger charge is -2.15. The van der Waals surface area contributed by atoms with Crippen molar-refractivity contribution in [2.24, 2.45) is 0 Å². The van der Waals surface area contributed by atoms with E-state index in [9.17, 15) is 14.4 Å². The first kappa shape index (κ1) is 14.2. The van der Waals surface area contributed by atoms with Gasteiger partial charge in [-0.2, -0.15) is 0 Å². The van der Waals surface area contributed by atoms with E-state index >= 15 is 0 Å². The molecule has 0 fully saturated rings. The molecule has 0 aromatic rings. The summed E-state index contributed by atoms with van der Waals surface area (Å²) in [4.78, 5) is 33.5. The van der Waals surface area contributed by atoms with Gasteiger partial charge in [0.25, 0.3) is 0 Å². The molecular formula is C10H15NO5. The smallest absolute Gasteiger partial charge is 0.328 e. The fraction of sp³-hybridized carbons (Fsp3) is 0.500. The van der Waals surface area contributed by atoms with E-state index in [0.717, 1.165) is 0 Å². The molecule has 90 valence electrons. The monoisotopic (exact) mass is 229 g/mol. The zero-order chi connectivity index (χ0) is 12.7. The second kappa shape index (κ2) is 6.60. The first-order chi connectivity index (χ1) is 7.42. The van der Waals surface area contributed by atoms with Crippen molar-refractivity contribution >= 4 is 17.8 Å². The zero-order valence-corrected chi connectivity index (χ0v) is 9.53. The summed E-state index contributed by atoms with van der Waals surface area (Å²) in [7, 11) is 2.36. The number of ether oxygens (including phenoxy) is 2. The van der Waals surface area contributed by atoms with Crippen LogP contribution in [0.1, 0.15) is 13.3 Å². The number of hydrogen-bond donors (Lipinski definition) is 1. The van der Waals surface area contributed by atoms with Gasteiger partial charge in [-0.1, -0.05) is 6.58 Å². The fourth-order valence-corrected chi connectivity index (χ4v) is 0.867. The van der Waals surface area contributed by atoms with Crippen LogP contribution in [0.5, 0.6) is 0 Å². The first-order valence-corrected chi connectivity index (χ1v) is 4.53. The van der Waals surface area contributed by atoms with Gasteiger partial charge in [0.05, 0.1) is 20.6 Å². The minimum absolute atomic E-state index is 0.235. The Kier molecular flexibility index (Phi) is 5.84. The van der Waals surface area contributed by atoms with Crippen LogP contribution in [-0.2, 0) is 23.9 Å². The van der Waals surface area contributed by atoms with Crippen LogP contribution in [0.2, 0.25) is 0 Å². The van der Waals surface area contributed by atoms with E-state index in [1.807, 2.05) is 0 Å². The van der Waals surface area contributed by atoms with Gasteiger partial charge in [0, 0.05) is 5.57 Å². The quantitative estimate of drug-likeness (QED) is 0.520. The van der Waals surface area contributed by atoms with Crippen LogP contribution in [0, 0.1) is 0 Å². The lowest BCUT2D eigenvalue weighted by Crippen LogP contribution is -2.43. The predicted molar refractivity (Wildman–Crippen MR) is 55.4 cm³/mol. The molecule has 0 rings (SSSR count). The van der Waals surface area contributed by atoms with Gasteiger partial charge < -0.3 is 14.8 Å². The van der Waals surface area contributed by atoms with E-state index in [-0.39, 0.29) is 12.0 Å². The van der Waals surface area contributed by atoms with Crippen molar-refractivity contribution in [3.63, 3.8) is 0 Å². The van der Waals surface area contributed by atoms with Crippen molar-refractivity contribution in [3.8, 4) is 0 Å². The number of nitrogens with one attached hydrogen (secondary N) is 1. The molecule has 0 radical (unpaired) electrons. The largest absolute Gasteiger partial charge is 0.469 e. The van der Waals surface area contributed by atoms with Crippen LogP contribution < -0.4 is 5.32 Å². The van der Waals surface area contributed by atoms with Gasteiger partial charge in [-0.25, -0.2) is 4.79 Å². The Bertz CT molecular complexity index is 310. The molecule has 0 aliphatic heterocycles. The number of rotatable bonds is 5. The number of carbonyl (C=O) groups excluding carboxylic acids is 3. The average molecular weight is 229 g/mol. The maximum Gasteiger partial charge on any atom is 0.328 e. The minimum Gasteiger partial charge on any atom is -0.469 e. The summed E-state index contributed by atoms with van der Waals surface area (Å²) >= 11 is 0. The Hall–Kier alpha value is -1.85. The molecule has 1 amide bonds. The van der Waals surface area contributed by atoms with Crippen LogP contribution in [0.15, 0.2) is 12.2 Å². The molecule has 0 aromatic heterocycles. The van der Waals surface area contributed by atoms with Gasteiger partial charge in [-0.15, -0.1) is 0 Å². The highest BCUT2D eigenvalue weighted by molar-refractivity contribution is 5.96. The topological polar surface area (TPSA) is 81.7 Å². The van der Waals surface area contributed by atoms with Crippen LogP contribution >= 0.6 is 0 Å². The van der Waals surface area contributed by atoms with Crippen LogP contribution in [0.4, 0.5) is 0 Å². The van der Waals surface area contributed by atoms with Crippen molar-refractivity contribution in [2.45, 2.75) is 19.4 Å². The number of methoxy groups -OCH3 is 2. The predicted octanol–water partition coefficient (Wildman–Crippen LogP) is -0.217. The standard InChI is InChI=1S/C10H15NO5/c1-6(2)9(13)11-7(10(14)16-4)5-8(12)15-3/h7H,1,5H2,2-4H3,(H,11,13)/t7-/m0/s1. The van der Waals surface area contributed by atoms with Gasteiger partial charge in [-0.3, -0.25) is 9.59 Å². The van der Waals surface area contributed by atoms with E-state index < -0.39 is 23.9 Å². The maximum absolute atomic E-state index is 11.3. The molecule has 0 spiro atoms. The highest BCUT2D eigenvalue weighted by Gasteiger charge is 2.25. The van der Waals surface area contributed by atoms with Crippen molar-refractivity contribution in [1.29, 1.82) is 0 Å². The highest BCUT2D eigenvalue weighted by Crippen LogP contribution is 1.99. The van der Waals surface area contributed by atoms with E-state index in [0.29, 0.717) is 0 Å². The number of carbonyl (C=O) groups is 3. The van der Waals surface area contributed by atoms with Gasteiger partial charge in [0.1, 0.15) is 6.04 Å². The SMILES string of the molecule is C=C(C)C(=O)N[C@@H](CC(=O)OC)C(=O)OC. The maximum atomic E-state index is 11.3. The molecule has 0 saturated heterocycles. The lowest BCUT2D eigenvalue weighted by molar-refractivity contribution is -0.150. The molecule has 0 heterocycles. The summed E-state index contributed by atoms with van der Waals surface area (Å²) in [5, 5.41) is 2.32. The molecule has 0 bridgehead atoms. The van der Waals surface area contributed by atoms with Crippen molar-refractivity contribution in [1.82, 2.24) is 5.32 Å².